The number of H-pyrrole nitrogens is 1. The van der Waals surface area contributed by atoms with Gasteiger partial charge in [-0.1, -0.05) is 18.2 Å². The van der Waals surface area contributed by atoms with Crippen LogP contribution < -0.4 is 10.4 Å². The standard InChI is InChI=1S/C14H14N2O3/c17-13(5-6-14(18)19)15-8-7-10-9-16-12-4-2-1-3-11(10)12/h1-6,9,16H,7-8H2,(H,15,17)(H,18,19)/p-1. The molecular formula is C14H13N2O3-. The average Bonchev–Trinajstić information content (AvgIpc) is 2.80. The fraction of sp³-hybridized carbons (Fsp3) is 0.143. The number of nitrogens with one attached hydrogen (secondary N) is 2. The number of hydrogen-bond donors (Lipinski definition) is 2. The molecule has 5 heteroatoms. The van der Waals surface area contributed by atoms with Gasteiger partial charge in [-0.25, -0.2) is 0 Å². The summed E-state index contributed by atoms with van der Waals surface area (Å²) < 4.78 is 0. The number of aromatic nitrogens is 1. The summed E-state index contributed by atoms with van der Waals surface area (Å²) in [6, 6.07) is 7.91. The van der Waals surface area contributed by atoms with Gasteiger partial charge in [-0.15, -0.1) is 0 Å². The number of carboxylic acid groups (broad SMARTS) is 1. The summed E-state index contributed by atoms with van der Waals surface area (Å²) in [6.07, 6.45) is 4.24. The van der Waals surface area contributed by atoms with E-state index in [9.17, 15) is 14.7 Å². The molecule has 1 aromatic heterocycles. The quantitative estimate of drug-likeness (QED) is 0.747. The number of benzene rings is 1. The van der Waals surface area contributed by atoms with Crippen LogP contribution in [0, 0.1) is 0 Å². The minimum Gasteiger partial charge on any atom is -0.545 e. The molecule has 0 radical (unpaired) electrons. The normalized spacial score (nSPS) is 10.9. The third-order valence-corrected chi connectivity index (χ3v) is 2.74. The lowest BCUT2D eigenvalue weighted by atomic mass is 10.1. The molecule has 0 bridgehead atoms. The number of amides is 1. The number of aliphatic carboxylic acids is 1. The summed E-state index contributed by atoms with van der Waals surface area (Å²) in [7, 11) is 0. The Morgan fingerprint density at radius 3 is 2.84 bits per heavy atom. The summed E-state index contributed by atoms with van der Waals surface area (Å²) >= 11 is 0. The number of para-hydroxylation sites is 1. The number of rotatable bonds is 5. The van der Waals surface area contributed by atoms with Gasteiger partial charge in [0.05, 0.1) is 5.97 Å². The van der Waals surface area contributed by atoms with Gasteiger partial charge in [0.25, 0.3) is 0 Å². The molecule has 0 fully saturated rings. The van der Waals surface area contributed by atoms with E-state index < -0.39 is 11.9 Å². The van der Waals surface area contributed by atoms with Gasteiger partial charge in [0.15, 0.2) is 0 Å². The van der Waals surface area contributed by atoms with E-state index >= 15 is 0 Å². The van der Waals surface area contributed by atoms with Gasteiger partial charge in [-0.3, -0.25) is 4.79 Å². The topological polar surface area (TPSA) is 85.0 Å². The minimum atomic E-state index is -1.38. The van der Waals surface area contributed by atoms with Gasteiger partial charge in [-0.2, -0.15) is 0 Å². The van der Waals surface area contributed by atoms with Gasteiger partial charge >= 0.3 is 0 Å². The number of hydrogen-bond acceptors (Lipinski definition) is 3. The molecule has 0 saturated carbocycles. The molecule has 1 aromatic carbocycles. The molecule has 0 spiro atoms. The zero-order valence-corrected chi connectivity index (χ0v) is 10.2. The Balaban J connectivity index is 1.89. The summed E-state index contributed by atoms with van der Waals surface area (Å²) in [5.74, 6) is -1.82. The zero-order valence-electron chi connectivity index (χ0n) is 10.2. The van der Waals surface area contributed by atoms with E-state index in [0.717, 1.165) is 22.5 Å². The SMILES string of the molecule is O=C([O-])C=CC(=O)NCCc1c[nH]c2ccccc12. The lowest BCUT2D eigenvalue weighted by Crippen LogP contribution is -2.25. The summed E-state index contributed by atoms with van der Waals surface area (Å²) in [5, 5.41) is 13.9. The molecular weight excluding hydrogens is 244 g/mol. The van der Waals surface area contributed by atoms with E-state index in [-0.39, 0.29) is 0 Å². The average molecular weight is 257 g/mol. The monoisotopic (exact) mass is 257 g/mol. The van der Waals surface area contributed by atoms with Crippen LogP contribution in [-0.2, 0) is 16.0 Å². The first kappa shape index (κ1) is 12.9. The second-order valence-electron chi connectivity index (χ2n) is 4.05. The van der Waals surface area contributed by atoms with E-state index in [1.807, 2.05) is 30.5 Å². The Morgan fingerprint density at radius 1 is 1.26 bits per heavy atom. The molecule has 2 rings (SSSR count). The molecule has 0 aliphatic heterocycles. The second kappa shape index (κ2) is 5.86. The number of fused-ring (bicyclic) bond motifs is 1. The van der Waals surface area contributed by atoms with E-state index in [2.05, 4.69) is 10.3 Å². The van der Waals surface area contributed by atoms with Gasteiger partial charge in [0.1, 0.15) is 0 Å². The molecule has 0 unspecified atom stereocenters. The van der Waals surface area contributed by atoms with Crippen LogP contribution in [0.3, 0.4) is 0 Å². The zero-order chi connectivity index (χ0) is 13.7. The van der Waals surface area contributed by atoms with Crippen LogP contribution >= 0.6 is 0 Å². The molecule has 2 N–H and O–H groups in total. The highest BCUT2D eigenvalue weighted by molar-refractivity contribution is 5.93. The summed E-state index contributed by atoms with van der Waals surface area (Å²) in [4.78, 5) is 24.5. The van der Waals surface area contributed by atoms with Gasteiger partial charge in [0.2, 0.25) is 5.91 Å². The molecule has 0 saturated heterocycles. The first-order valence-corrected chi connectivity index (χ1v) is 5.88. The minimum absolute atomic E-state index is 0.441. The fourth-order valence-corrected chi connectivity index (χ4v) is 1.86. The Labute approximate surface area is 109 Å². The van der Waals surface area contributed by atoms with Gasteiger partial charge in [0, 0.05) is 29.7 Å². The van der Waals surface area contributed by atoms with Crippen molar-refractivity contribution in [2.45, 2.75) is 6.42 Å². The van der Waals surface area contributed by atoms with Gasteiger partial charge in [-0.05, 0) is 24.1 Å². The van der Waals surface area contributed by atoms with Crippen molar-refractivity contribution < 1.29 is 14.7 Å². The third-order valence-electron chi connectivity index (χ3n) is 2.74. The van der Waals surface area contributed by atoms with Crippen molar-refractivity contribution in [2.24, 2.45) is 0 Å². The van der Waals surface area contributed by atoms with Crippen LogP contribution in [0.2, 0.25) is 0 Å². The summed E-state index contributed by atoms with van der Waals surface area (Å²) in [5.41, 5.74) is 2.17. The van der Waals surface area contributed by atoms with Gasteiger partial charge < -0.3 is 20.2 Å². The predicted octanol–water partition coefficient (Wildman–Crippen LogP) is 0.133. The van der Waals surface area contributed by atoms with Crippen LogP contribution in [0.15, 0.2) is 42.6 Å². The lowest BCUT2D eigenvalue weighted by Gasteiger charge is -2.01. The molecule has 0 aliphatic carbocycles. The Kier molecular flexibility index (Phi) is 3.97. The smallest absolute Gasteiger partial charge is 0.244 e. The maximum atomic E-state index is 11.2. The number of carboxylic acids is 1. The van der Waals surface area contributed by atoms with Crippen molar-refractivity contribution >= 4 is 22.8 Å². The van der Waals surface area contributed by atoms with Crippen molar-refractivity contribution in [1.82, 2.24) is 10.3 Å². The maximum Gasteiger partial charge on any atom is 0.244 e. The molecule has 1 heterocycles. The molecule has 19 heavy (non-hydrogen) atoms. The highest BCUT2D eigenvalue weighted by Gasteiger charge is 2.02. The molecule has 0 atom stereocenters. The molecule has 5 nitrogen and oxygen atoms in total. The Hall–Kier alpha value is -2.56. The van der Waals surface area contributed by atoms with Crippen molar-refractivity contribution in [3.63, 3.8) is 0 Å². The Morgan fingerprint density at radius 2 is 2.05 bits per heavy atom. The first-order chi connectivity index (χ1) is 9.16. The highest BCUT2D eigenvalue weighted by Crippen LogP contribution is 2.17. The predicted molar refractivity (Wildman–Crippen MR) is 69.2 cm³/mol. The van der Waals surface area contributed by atoms with E-state index in [4.69, 9.17) is 0 Å². The molecule has 0 aliphatic rings. The fourth-order valence-electron chi connectivity index (χ4n) is 1.86. The number of carbonyl (C=O) groups excluding carboxylic acids is 2. The van der Waals surface area contributed by atoms with Crippen molar-refractivity contribution in [1.29, 1.82) is 0 Å². The number of carbonyl (C=O) groups is 2. The van der Waals surface area contributed by atoms with E-state index in [1.165, 1.54) is 0 Å². The van der Waals surface area contributed by atoms with Crippen molar-refractivity contribution in [3.05, 3.63) is 48.2 Å². The van der Waals surface area contributed by atoms with Crippen LogP contribution in [0.5, 0.6) is 0 Å². The van der Waals surface area contributed by atoms with Crippen LogP contribution in [0.1, 0.15) is 5.56 Å². The molecule has 1 amide bonds. The summed E-state index contributed by atoms with van der Waals surface area (Å²) in [6.45, 7) is 0.443. The van der Waals surface area contributed by atoms with Crippen LogP contribution in [0.25, 0.3) is 10.9 Å². The maximum absolute atomic E-state index is 11.2. The third kappa shape index (κ3) is 3.45. The lowest BCUT2D eigenvalue weighted by molar-refractivity contribution is -0.297. The molecule has 98 valence electrons. The van der Waals surface area contributed by atoms with Crippen LogP contribution in [-0.4, -0.2) is 23.4 Å². The van der Waals surface area contributed by atoms with Crippen LogP contribution in [0.4, 0.5) is 0 Å². The second-order valence-corrected chi connectivity index (χ2v) is 4.05. The largest absolute Gasteiger partial charge is 0.545 e. The number of aromatic amines is 1. The van der Waals surface area contributed by atoms with E-state index in [1.54, 1.807) is 0 Å². The first-order valence-electron chi connectivity index (χ1n) is 5.88. The van der Waals surface area contributed by atoms with Crippen molar-refractivity contribution in [2.75, 3.05) is 6.54 Å². The highest BCUT2D eigenvalue weighted by atomic mass is 16.4. The molecule has 2 aromatic rings. The Bertz CT molecular complexity index is 628. The van der Waals surface area contributed by atoms with E-state index in [0.29, 0.717) is 19.0 Å². The van der Waals surface area contributed by atoms with Crippen molar-refractivity contribution in [3.8, 4) is 0 Å².